The molecule has 2 aromatic carbocycles. The summed E-state index contributed by atoms with van der Waals surface area (Å²) in [5, 5.41) is 0.939. The summed E-state index contributed by atoms with van der Waals surface area (Å²) in [4.78, 5) is 26.6. The molecule has 9 nitrogen and oxygen atoms in total. The molecule has 1 saturated heterocycles. The van der Waals surface area contributed by atoms with Gasteiger partial charge in [-0.25, -0.2) is 13.4 Å². The van der Waals surface area contributed by atoms with Gasteiger partial charge in [0.2, 0.25) is 11.8 Å². The maximum Gasteiger partial charge on any atom is 0.262 e. The van der Waals surface area contributed by atoms with Gasteiger partial charge < -0.3 is 14.5 Å². The first-order chi connectivity index (χ1) is 20.9. The summed E-state index contributed by atoms with van der Waals surface area (Å²) in [6.45, 7) is 3.61. The van der Waals surface area contributed by atoms with Crippen molar-refractivity contribution in [2.24, 2.45) is 0 Å². The SMILES string of the molecule is CN1C(=O)C2(CC2)c2c1cnc1ccc(-c3cnc(OCCCN4CCCCC4)c(NS(=O)(=O)c4ccccc4)c3)cc21. The van der Waals surface area contributed by atoms with E-state index in [4.69, 9.17) is 4.74 Å². The molecule has 4 heterocycles. The van der Waals surface area contributed by atoms with Gasteiger partial charge in [0.15, 0.2) is 0 Å². The number of anilines is 2. The molecule has 2 aliphatic heterocycles. The van der Waals surface area contributed by atoms with Gasteiger partial charge in [-0.15, -0.1) is 0 Å². The van der Waals surface area contributed by atoms with Crippen LogP contribution in [0.25, 0.3) is 22.0 Å². The van der Waals surface area contributed by atoms with Crippen molar-refractivity contribution in [3.8, 4) is 17.0 Å². The van der Waals surface area contributed by atoms with E-state index in [0.29, 0.717) is 6.61 Å². The lowest BCUT2D eigenvalue weighted by Gasteiger charge is -2.26. The van der Waals surface area contributed by atoms with Gasteiger partial charge in [0, 0.05) is 36.3 Å². The summed E-state index contributed by atoms with van der Waals surface area (Å²) >= 11 is 0. The first-order valence-corrected chi connectivity index (χ1v) is 16.5. The number of carbonyl (C=O) groups is 1. The first-order valence-electron chi connectivity index (χ1n) is 15.0. The number of fused-ring (bicyclic) bond motifs is 4. The summed E-state index contributed by atoms with van der Waals surface area (Å²) < 4.78 is 35.5. The summed E-state index contributed by atoms with van der Waals surface area (Å²) in [5.41, 5.74) is 4.13. The minimum Gasteiger partial charge on any atom is -0.476 e. The summed E-state index contributed by atoms with van der Waals surface area (Å²) in [6.07, 6.45) is 9.76. The van der Waals surface area contributed by atoms with Gasteiger partial charge in [0.05, 0.1) is 34.3 Å². The van der Waals surface area contributed by atoms with Crippen LogP contribution in [-0.4, -0.2) is 62.5 Å². The molecule has 7 rings (SSSR count). The lowest BCUT2D eigenvalue weighted by Crippen LogP contribution is -2.31. The number of nitrogens with zero attached hydrogens (tertiary/aromatic N) is 4. The van der Waals surface area contributed by atoms with E-state index in [0.717, 1.165) is 72.2 Å². The van der Waals surface area contributed by atoms with E-state index in [9.17, 15) is 13.2 Å². The number of amides is 1. The van der Waals surface area contributed by atoms with E-state index in [2.05, 4.69) is 19.6 Å². The van der Waals surface area contributed by atoms with E-state index in [1.54, 1.807) is 53.7 Å². The number of ether oxygens (including phenoxy) is 1. The Hall–Kier alpha value is -4.02. The lowest BCUT2D eigenvalue weighted by molar-refractivity contribution is -0.119. The Balaban J connectivity index is 1.22. The van der Waals surface area contributed by atoms with Gasteiger partial charge in [-0.05, 0) is 81.1 Å². The quantitative estimate of drug-likeness (QED) is 0.259. The number of benzene rings is 2. The summed E-state index contributed by atoms with van der Waals surface area (Å²) in [7, 11) is -2.06. The van der Waals surface area contributed by atoms with Gasteiger partial charge in [-0.2, -0.15) is 0 Å². The van der Waals surface area contributed by atoms with Crippen molar-refractivity contribution in [1.82, 2.24) is 14.9 Å². The monoisotopic (exact) mass is 597 g/mol. The van der Waals surface area contributed by atoms with Crippen molar-refractivity contribution < 1.29 is 17.9 Å². The van der Waals surface area contributed by atoms with Gasteiger partial charge in [-0.1, -0.05) is 30.7 Å². The molecule has 0 unspecified atom stereocenters. The van der Waals surface area contributed by atoms with Crippen LogP contribution in [0, 0.1) is 0 Å². The maximum atomic E-state index is 13.3. The Bertz CT molecular complexity index is 1800. The molecule has 1 N–H and O–H groups in total. The fraction of sp³-hybridized carbons (Fsp3) is 0.364. The second-order valence-electron chi connectivity index (χ2n) is 11.8. The molecule has 1 amide bonds. The van der Waals surface area contributed by atoms with Crippen molar-refractivity contribution in [2.75, 3.05) is 42.9 Å². The zero-order chi connectivity index (χ0) is 29.6. The van der Waals surface area contributed by atoms with Crippen LogP contribution in [0.5, 0.6) is 5.88 Å². The van der Waals surface area contributed by atoms with Crippen molar-refractivity contribution >= 4 is 38.2 Å². The molecule has 0 atom stereocenters. The van der Waals surface area contributed by atoms with E-state index in [1.165, 1.54) is 19.3 Å². The molecule has 4 aromatic rings. The summed E-state index contributed by atoms with van der Waals surface area (Å²) in [6, 6.07) is 16.0. The third-order valence-corrected chi connectivity index (χ3v) is 10.3. The van der Waals surface area contributed by atoms with Crippen LogP contribution in [0.4, 0.5) is 11.4 Å². The van der Waals surface area contributed by atoms with Crippen molar-refractivity contribution in [3.63, 3.8) is 0 Å². The van der Waals surface area contributed by atoms with Crippen LogP contribution in [0.15, 0.2) is 71.9 Å². The number of hydrogen-bond donors (Lipinski definition) is 1. The Kier molecular flexibility index (Phi) is 7.05. The third kappa shape index (κ3) is 5.12. The zero-order valence-corrected chi connectivity index (χ0v) is 25.1. The molecule has 0 bridgehead atoms. The van der Waals surface area contributed by atoms with E-state index < -0.39 is 15.4 Å². The molecule has 2 fully saturated rings. The van der Waals surface area contributed by atoms with Gasteiger partial charge in [0.25, 0.3) is 10.0 Å². The normalized spacial score (nSPS) is 17.8. The Morgan fingerprint density at radius 3 is 2.51 bits per heavy atom. The van der Waals surface area contributed by atoms with Crippen LogP contribution in [0.1, 0.15) is 44.1 Å². The average Bonchev–Trinajstić information content (AvgIpc) is 3.81. The highest BCUT2D eigenvalue weighted by Gasteiger charge is 2.59. The van der Waals surface area contributed by atoms with Crippen LogP contribution < -0.4 is 14.4 Å². The highest BCUT2D eigenvalue weighted by atomic mass is 32.2. The molecule has 1 aliphatic carbocycles. The van der Waals surface area contributed by atoms with E-state index >= 15 is 0 Å². The van der Waals surface area contributed by atoms with E-state index in [1.807, 2.05) is 25.2 Å². The van der Waals surface area contributed by atoms with Crippen LogP contribution in [-0.2, 0) is 20.2 Å². The number of aromatic nitrogens is 2. The second kappa shape index (κ2) is 10.9. The zero-order valence-electron chi connectivity index (χ0n) is 24.3. The molecule has 10 heteroatoms. The minimum absolute atomic E-state index is 0.128. The Morgan fingerprint density at radius 1 is 0.953 bits per heavy atom. The lowest BCUT2D eigenvalue weighted by atomic mass is 9.92. The maximum absolute atomic E-state index is 13.3. The second-order valence-corrected chi connectivity index (χ2v) is 13.5. The molecule has 43 heavy (non-hydrogen) atoms. The molecular weight excluding hydrogens is 562 g/mol. The largest absolute Gasteiger partial charge is 0.476 e. The number of rotatable bonds is 9. The molecule has 2 aromatic heterocycles. The van der Waals surface area contributed by atoms with Crippen LogP contribution >= 0.6 is 0 Å². The van der Waals surface area contributed by atoms with Gasteiger partial charge in [-0.3, -0.25) is 14.5 Å². The highest BCUT2D eigenvalue weighted by Crippen LogP contribution is 2.58. The molecular formula is C33H35N5O4S. The van der Waals surface area contributed by atoms with Crippen molar-refractivity contribution in [2.45, 2.75) is 48.8 Å². The highest BCUT2D eigenvalue weighted by molar-refractivity contribution is 7.92. The topological polar surface area (TPSA) is 105 Å². The molecule has 1 spiro atoms. The van der Waals surface area contributed by atoms with Gasteiger partial charge in [0.1, 0.15) is 5.69 Å². The molecule has 3 aliphatic rings. The number of pyridine rings is 2. The standard InChI is InChI=1S/C33H35N5O4S/c1-37-29-22-34-27-12-11-23(19-26(27)30(29)33(13-14-33)32(37)39)24-20-28(36-43(40,41)25-9-4-2-5-10-25)31(35-21-24)42-18-8-17-38-15-6-3-7-16-38/h2,4-5,9-12,19-22,36H,3,6-8,13-18H2,1H3. The van der Waals surface area contributed by atoms with Crippen molar-refractivity contribution in [1.29, 1.82) is 0 Å². The first kappa shape index (κ1) is 27.8. The smallest absolute Gasteiger partial charge is 0.262 e. The molecule has 222 valence electrons. The number of sulfonamides is 1. The number of piperidine rings is 1. The minimum atomic E-state index is -3.88. The Morgan fingerprint density at radius 2 is 1.74 bits per heavy atom. The fourth-order valence-corrected chi connectivity index (χ4v) is 7.56. The van der Waals surface area contributed by atoms with Crippen LogP contribution in [0.2, 0.25) is 0 Å². The van der Waals surface area contributed by atoms with E-state index in [-0.39, 0.29) is 22.4 Å². The van der Waals surface area contributed by atoms with Crippen LogP contribution in [0.3, 0.4) is 0 Å². The number of likely N-dealkylation sites (N-methyl/N-ethyl adjacent to an activating group) is 1. The fourth-order valence-electron chi connectivity index (χ4n) is 6.49. The van der Waals surface area contributed by atoms with Gasteiger partial charge >= 0.3 is 0 Å². The number of nitrogens with one attached hydrogen (secondary N) is 1. The number of likely N-dealkylation sites (tertiary alicyclic amines) is 1. The average molecular weight is 598 g/mol. The molecule has 0 radical (unpaired) electrons. The number of hydrogen-bond acceptors (Lipinski definition) is 7. The third-order valence-electron chi connectivity index (χ3n) is 8.94. The predicted molar refractivity (Wildman–Crippen MR) is 167 cm³/mol. The molecule has 1 saturated carbocycles. The number of carbonyl (C=O) groups excluding carboxylic acids is 1. The summed E-state index contributed by atoms with van der Waals surface area (Å²) in [5.74, 6) is 0.373. The Labute approximate surface area is 251 Å². The van der Waals surface area contributed by atoms with Crippen molar-refractivity contribution in [3.05, 3.63) is 72.6 Å². The predicted octanol–water partition coefficient (Wildman–Crippen LogP) is 5.36.